The molecule has 0 unspecified atom stereocenters. The first-order valence-corrected chi connectivity index (χ1v) is 7.12. The lowest BCUT2D eigenvalue weighted by Crippen LogP contribution is -2.16. The number of aryl methyl sites for hydroxylation is 2. The molecular weight excluding hydrogens is 258 g/mol. The van der Waals surface area contributed by atoms with Crippen molar-refractivity contribution in [3.63, 3.8) is 0 Å². The van der Waals surface area contributed by atoms with E-state index in [1.807, 2.05) is 10.7 Å². The Bertz CT molecular complexity index is 520. The van der Waals surface area contributed by atoms with Gasteiger partial charge in [0.2, 0.25) is 0 Å². The molecule has 0 amide bonds. The van der Waals surface area contributed by atoms with Gasteiger partial charge in [0.1, 0.15) is 0 Å². The molecule has 0 fully saturated rings. The molecule has 4 heteroatoms. The van der Waals surface area contributed by atoms with E-state index in [0.29, 0.717) is 0 Å². The molecule has 2 aromatic rings. The Balaban J connectivity index is 2.01. The molecule has 1 N–H and O–H groups in total. The maximum absolute atomic E-state index is 6.37. The van der Waals surface area contributed by atoms with E-state index in [1.54, 1.807) is 0 Å². The van der Waals surface area contributed by atoms with Crippen LogP contribution in [0.5, 0.6) is 0 Å². The molecule has 1 heterocycles. The number of nitrogens with one attached hydrogen (secondary N) is 1. The molecule has 1 aromatic heterocycles. The van der Waals surface area contributed by atoms with Gasteiger partial charge in [0, 0.05) is 19.6 Å². The highest BCUT2D eigenvalue weighted by Gasteiger charge is 2.13. The molecule has 0 aliphatic heterocycles. The normalized spacial score (nSPS) is 10.9. The lowest BCUT2D eigenvalue weighted by atomic mass is 10.2. The van der Waals surface area contributed by atoms with Gasteiger partial charge in [-0.15, -0.1) is 0 Å². The van der Waals surface area contributed by atoms with Crippen LogP contribution in [-0.2, 0) is 26.1 Å². The van der Waals surface area contributed by atoms with Crippen molar-refractivity contribution in [3.05, 3.63) is 52.3 Å². The van der Waals surface area contributed by atoms with Crippen LogP contribution in [0.25, 0.3) is 0 Å². The van der Waals surface area contributed by atoms with Crippen LogP contribution in [0.2, 0.25) is 5.02 Å². The molecule has 0 aliphatic carbocycles. The second-order valence-electron chi connectivity index (χ2n) is 4.47. The van der Waals surface area contributed by atoms with Crippen LogP contribution < -0.4 is 5.32 Å². The van der Waals surface area contributed by atoms with Crippen molar-refractivity contribution in [2.24, 2.45) is 0 Å². The summed E-state index contributed by atoms with van der Waals surface area (Å²) < 4.78 is 1.99. The van der Waals surface area contributed by atoms with Crippen molar-refractivity contribution >= 4 is 11.6 Å². The molecule has 19 heavy (non-hydrogen) atoms. The Morgan fingerprint density at radius 2 is 1.89 bits per heavy atom. The molecule has 1 aromatic carbocycles. The third kappa shape index (κ3) is 3.37. The standard InChI is InChI=1S/C15H20ClN3/c1-3-13-15(16)14(19(4-2)18-13)11-17-10-12-8-6-5-7-9-12/h5-9,17H,3-4,10-11H2,1-2H3. The Morgan fingerprint density at radius 3 is 2.53 bits per heavy atom. The van der Waals surface area contributed by atoms with Crippen molar-refractivity contribution in [3.8, 4) is 0 Å². The molecule has 3 nitrogen and oxygen atoms in total. The van der Waals surface area contributed by atoms with E-state index in [4.69, 9.17) is 11.6 Å². The zero-order valence-electron chi connectivity index (χ0n) is 11.5. The fourth-order valence-corrected chi connectivity index (χ4v) is 2.44. The van der Waals surface area contributed by atoms with E-state index in [2.05, 4.69) is 48.5 Å². The minimum atomic E-state index is 0.745. The van der Waals surface area contributed by atoms with Crippen molar-refractivity contribution in [1.29, 1.82) is 0 Å². The first-order chi connectivity index (χ1) is 9.26. The van der Waals surface area contributed by atoms with Crippen molar-refractivity contribution in [1.82, 2.24) is 15.1 Å². The predicted octanol–water partition coefficient (Wildman–Crippen LogP) is 3.41. The second kappa shape index (κ2) is 6.73. The minimum absolute atomic E-state index is 0.745. The van der Waals surface area contributed by atoms with Gasteiger partial charge in [0.25, 0.3) is 0 Å². The Hall–Kier alpha value is -1.32. The summed E-state index contributed by atoms with van der Waals surface area (Å²) in [6.07, 6.45) is 0.873. The molecule has 0 spiro atoms. The van der Waals surface area contributed by atoms with Crippen LogP contribution in [0, 0.1) is 0 Å². The van der Waals surface area contributed by atoms with Crippen LogP contribution in [0.3, 0.4) is 0 Å². The predicted molar refractivity (Wildman–Crippen MR) is 79.3 cm³/mol. The number of aromatic nitrogens is 2. The fourth-order valence-electron chi connectivity index (χ4n) is 2.11. The van der Waals surface area contributed by atoms with Crippen LogP contribution in [0.4, 0.5) is 0 Å². The Labute approximate surface area is 119 Å². The highest BCUT2D eigenvalue weighted by molar-refractivity contribution is 6.31. The molecule has 0 radical (unpaired) electrons. The van der Waals surface area contributed by atoms with E-state index >= 15 is 0 Å². The molecule has 2 rings (SSSR count). The van der Waals surface area contributed by atoms with Gasteiger partial charge in [-0.1, -0.05) is 48.9 Å². The first-order valence-electron chi connectivity index (χ1n) is 6.75. The molecule has 0 saturated heterocycles. The monoisotopic (exact) mass is 277 g/mol. The molecule has 0 bridgehead atoms. The van der Waals surface area contributed by atoms with Gasteiger partial charge in [-0.2, -0.15) is 5.10 Å². The minimum Gasteiger partial charge on any atom is -0.307 e. The van der Waals surface area contributed by atoms with Gasteiger partial charge in [0.15, 0.2) is 0 Å². The van der Waals surface area contributed by atoms with Crippen LogP contribution in [-0.4, -0.2) is 9.78 Å². The van der Waals surface area contributed by atoms with Crippen molar-refractivity contribution in [2.75, 3.05) is 0 Å². The number of benzene rings is 1. The van der Waals surface area contributed by atoms with Gasteiger partial charge in [-0.3, -0.25) is 4.68 Å². The largest absolute Gasteiger partial charge is 0.307 e. The van der Waals surface area contributed by atoms with Gasteiger partial charge < -0.3 is 5.32 Å². The van der Waals surface area contributed by atoms with Crippen molar-refractivity contribution < 1.29 is 0 Å². The van der Waals surface area contributed by atoms with Crippen LogP contribution in [0.1, 0.15) is 30.8 Å². The average molecular weight is 278 g/mol. The lowest BCUT2D eigenvalue weighted by Gasteiger charge is -2.07. The van der Waals surface area contributed by atoms with Crippen molar-refractivity contribution in [2.45, 2.75) is 39.9 Å². The summed E-state index contributed by atoms with van der Waals surface area (Å²) in [6.45, 7) is 6.60. The highest BCUT2D eigenvalue weighted by atomic mass is 35.5. The van der Waals surface area contributed by atoms with Gasteiger partial charge >= 0.3 is 0 Å². The van der Waals surface area contributed by atoms with E-state index in [1.165, 1.54) is 5.56 Å². The third-order valence-corrected chi connectivity index (χ3v) is 3.59. The van der Waals surface area contributed by atoms with Gasteiger partial charge in [-0.25, -0.2) is 0 Å². The first kappa shape index (κ1) is 14.1. The maximum atomic E-state index is 6.37. The quantitative estimate of drug-likeness (QED) is 0.877. The van der Waals surface area contributed by atoms with Crippen LogP contribution in [0.15, 0.2) is 30.3 Å². The van der Waals surface area contributed by atoms with E-state index in [-0.39, 0.29) is 0 Å². The van der Waals surface area contributed by atoms with E-state index < -0.39 is 0 Å². The maximum Gasteiger partial charge on any atom is 0.0863 e. The molecule has 102 valence electrons. The number of halogens is 1. The molecule has 0 saturated carbocycles. The highest BCUT2D eigenvalue weighted by Crippen LogP contribution is 2.21. The van der Waals surface area contributed by atoms with Gasteiger partial charge in [0.05, 0.1) is 16.4 Å². The third-order valence-electron chi connectivity index (χ3n) is 3.16. The molecule has 0 atom stereocenters. The lowest BCUT2D eigenvalue weighted by molar-refractivity contribution is 0.577. The Morgan fingerprint density at radius 1 is 1.16 bits per heavy atom. The SMILES string of the molecule is CCc1nn(CC)c(CNCc2ccccc2)c1Cl. The van der Waals surface area contributed by atoms with E-state index in [0.717, 1.165) is 42.5 Å². The zero-order chi connectivity index (χ0) is 13.7. The Kier molecular flexibility index (Phi) is 5.00. The molecular formula is C15H20ClN3. The summed E-state index contributed by atoms with van der Waals surface area (Å²) in [5, 5.41) is 8.75. The van der Waals surface area contributed by atoms with Gasteiger partial charge in [-0.05, 0) is 18.9 Å². The summed E-state index contributed by atoms with van der Waals surface area (Å²) in [7, 11) is 0. The zero-order valence-corrected chi connectivity index (χ0v) is 12.2. The number of rotatable bonds is 6. The fraction of sp³-hybridized carbons (Fsp3) is 0.400. The average Bonchev–Trinajstić information content (AvgIpc) is 2.76. The number of hydrogen-bond acceptors (Lipinski definition) is 2. The number of nitrogens with zero attached hydrogens (tertiary/aromatic N) is 2. The summed E-state index contributed by atoms with van der Waals surface area (Å²) >= 11 is 6.37. The topological polar surface area (TPSA) is 29.9 Å². The summed E-state index contributed by atoms with van der Waals surface area (Å²) in [6, 6.07) is 10.4. The van der Waals surface area contributed by atoms with Crippen LogP contribution >= 0.6 is 11.6 Å². The second-order valence-corrected chi connectivity index (χ2v) is 4.84. The summed E-state index contributed by atoms with van der Waals surface area (Å²) in [5.74, 6) is 0. The molecule has 0 aliphatic rings. The van der Waals surface area contributed by atoms with E-state index in [9.17, 15) is 0 Å². The summed E-state index contributed by atoms with van der Waals surface area (Å²) in [4.78, 5) is 0. The number of hydrogen-bond donors (Lipinski definition) is 1. The summed E-state index contributed by atoms with van der Waals surface area (Å²) in [5.41, 5.74) is 3.34. The smallest absolute Gasteiger partial charge is 0.0863 e.